The second-order valence-corrected chi connectivity index (χ2v) is 3.77. The largest absolute Gasteiger partial charge is 0.360 e. The predicted molar refractivity (Wildman–Crippen MR) is 61.3 cm³/mol. The van der Waals surface area contributed by atoms with E-state index < -0.39 is 11.5 Å². The maximum Gasteiger partial charge on any atom is 0.262 e. The maximum absolute atomic E-state index is 11.7. The SMILES string of the molecule is Cc1cc(NC(=O)c2cc(Cl)c[nH]c2=O)no1. The first-order valence-corrected chi connectivity index (χ1v) is 5.07. The number of carbonyl (C=O) groups excluding carboxylic acids is 1. The molecule has 0 aliphatic rings. The second kappa shape index (κ2) is 4.42. The van der Waals surface area contributed by atoms with E-state index in [-0.39, 0.29) is 16.4 Å². The molecule has 1 amide bonds. The second-order valence-electron chi connectivity index (χ2n) is 3.34. The fourth-order valence-electron chi connectivity index (χ4n) is 1.23. The summed E-state index contributed by atoms with van der Waals surface area (Å²) < 4.78 is 4.78. The Morgan fingerprint density at radius 1 is 1.53 bits per heavy atom. The summed E-state index contributed by atoms with van der Waals surface area (Å²) in [7, 11) is 0. The number of nitrogens with zero attached hydrogens (tertiary/aromatic N) is 1. The van der Waals surface area contributed by atoms with E-state index in [9.17, 15) is 9.59 Å². The van der Waals surface area contributed by atoms with Gasteiger partial charge in [0, 0.05) is 12.3 Å². The van der Waals surface area contributed by atoms with Crippen molar-refractivity contribution >= 4 is 23.3 Å². The maximum atomic E-state index is 11.7. The first-order valence-electron chi connectivity index (χ1n) is 4.69. The third-order valence-corrected chi connectivity index (χ3v) is 2.20. The lowest BCUT2D eigenvalue weighted by Crippen LogP contribution is -2.22. The van der Waals surface area contributed by atoms with Crippen molar-refractivity contribution in [1.82, 2.24) is 10.1 Å². The van der Waals surface area contributed by atoms with Crippen molar-refractivity contribution in [2.24, 2.45) is 0 Å². The molecule has 2 rings (SSSR count). The van der Waals surface area contributed by atoms with Gasteiger partial charge in [-0.3, -0.25) is 9.59 Å². The third-order valence-electron chi connectivity index (χ3n) is 1.98. The molecule has 2 aromatic rings. The van der Waals surface area contributed by atoms with Crippen molar-refractivity contribution in [3.05, 3.63) is 45.0 Å². The molecule has 17 heavy (non-hydrogen) atoms. The highest BCUT2D eigenvalue weighted by Crippen LogP contribution is 2.10. The molecule has 2 aromatic heterocycles. The minimum absolute atomic E-state index is 0.0850. The summed E-state index contributed by atoms with van der Waals surface area (Å²) >= 11 is 5.68. The number of carbonyl (C=O) groups is 1. The molecule has 0 aliphatic carbocycles. The third kappa shape index (κ3) is 2.54. The Morgan fingerprint density at radius 2 is 2.29 bits per heavy atom. The van der Waals surface area contributed by atoms with Crippen molar-refractivity contribution in [1.29, 1.82) is 0 Å². The zero-order chi connectivity index (χ0) is 12.4. The van der Waals surface area contributed by atoms with Crippen LogP contribution in [0.1, 0.15) is 16.1 Å². The summed E-state index contributed by atoms with van der Waals surface area (Å²) in [5, 5.41) is 6.28. The van der Waals surface area contributed by atoms with E-state index in [0.29, 0.717) is 5.76 Å². The van der Waals surface area contributed by atoms with Gasteiger partial charge in [-0.15, -0.1) is 0 Å². The summed E-state index contributed by atoms with van der Waals surface area (Å²) in [5.41, 5.74) is -0.606. The minimum Gasteiger partial charge on any atom is -0.360 e. The van der Waals surface area contributed by atoms with Crippen LogP contribution in [0, 0.1) is 6.92 Å². The van der Waals surface area contributed by atoms with Crippen LogP contribution in [-0.2, 0) is 0 Å². The van der Waals surface area contributed by atoms with Gasteiger partial charge in [0.25, 0.3) is 11.5 Å². The van der Waals surface area contributed by atoms with Crippen LogP contribution in [0.4, 0.5) is 5.82 Å². The molecule has 0 atom stereocenters. The van der Waals surface area contributed by atoms with E-state index in [1.165, 1.54) is 18.3 Å². The molecule has 88 valence electrons. The molecule has 0 aromatic carbocycles. The summed E-state index contributed by atoms with van der Waals surface area (Å²) in [6, 6.07) is 2.82. The molecule has 0 bridgehead atoms. The molecule has 2 heterocycles. The standard InChI is InChI=1S/C10H8ClN3O3/c1-5-2-8(14-17-5)13-10(16)7-3-6(11)4-12-9(7)15/h2-4H,1H3,(H,12,15)(H,13,14,16). The van der Waals surface area contributed by atoms with Gasteiger partial charge in [0.1, 0.15) is 11.3 Å². The quantitative estimate of drug-likeness (QED) is 0.850. The lowest BCUT2D eigenvalue weighted by atomic mass is 10.2. The lowest BCUT2D eigenvalue weighted by Gasteiger charge is -2.00. The predicted octanol–water partition coefficient (Wildman–Crippen LogP) is 1.58. The fourth-order valence-corrected chi connectivity index (χ4v) is 1.40. The van der Waals surface area contributed by atoms with Gasteiger partial charge < -0.3 is 14.8 Å². The summed E-state index contributed by atoms with van der Waals surface area (Å²) in [4.78, 5) is 25.5. The molecule has 6 nitrogen and oxygen atoms in total. The van der Waals surface area contributed by atoms with Crippen LogP contribution < -0.4 is 10.9 Å². The molecular formula is C10H8ClN3O3. The van der Waals surface area contributed by atoms with Gasteiger partial charge in [0.2, 0.25) is 0 Å². The number of aryl methyl sites for hydroxylation is 1. The number of pyridine rings is 1. The number of nitrogens with one attached hydrogen (secondary N) is 2. The van der Waals surface area contributed by atoms with Gasteiger partial charge >= 0.3 is 0 Å². The number of aromatic nitrogens is 2. The molecule has 0 aliphatic heterocycles. The van der Waals surface area contributed by atoms with Gasteiger partial charge in [-0.1, -0.05) is 16.8 Å². The average Bonchev–Trinajstić information content (AvgIpc) is 2.67. The molecule has 0 spiro atoms. The van der Waals surface area contributed by atoms with E-state index >= 15 is 0 Å². The first kappa shape index (κ1) is 11.4. The molecule has 0 unspecified atom stereocenters. The smallest absolute Gasteiger partial charge is 0.262 e. The topological polar surface area (TPSA) is 88.0 Å². The number of anilines is 1. The van der Waals surface area contributed by atoms with E-state index in [0.717, 1.165) is 0 Å². The van der Waals surface area contributed by atoms with Gasteiger partial charge in [-0.05, 0) is 13.0 Å². The monoisotopic (exact) mass is 253 g/mol. The van der Waals surface area contributed by atoms with Crippen LogP contribution in [0.15, 0.2) is 27.6 Å². The number of rotatable bonds is 2. The molecule has 0 saturated heterocycles. The Kier molecular flexibility index (Phi) is 2.97. The highest BCUT2D eigenvalue weighted by Gasteiger charge is 2.13. The Morgan fingerprint density at radius 3 is 2.94 bits per heavy atom. The van der Waals surface area contributed by atoms with Crippen molar-refractivity contribution in [2.45, 2.75) is 6.92 Å². The summed E-state index contributed by atoms with van der Waals surface area (Å²) in [6.07, 6.45) is 1.31. The van der Waals surface area contributed by atoms with E-state index in [4.69, 9.17) is 16.1 Å². The zero-order valence-electron chi connectivity index (χ0n) is 8.78. The van der Waals surface area contributed by atoms with Crippen LogP contribution in [0.25, 0.3) is 0 Å². The molecule has 2 N–H and O–H groups in total. The summed E-state index contributed by atoms with van der Waals surface area (Å²) in [6.45, 7) is 1.69. The summed E-state index contributed by atoms with van der Waals surface area (Å²) in [5.74, 6) is 0.203. The highest BCUT2D eigenvalue weighted by atomic mass is 35.5. The van der Waals surface area contributed by atoms with Crippen molar-refractivity contribution in [3.63, 3.8) is 0 Å². The molecular weight excluding hydrogens is 246 g/mol. The molecule has 0 radical (unpaired) electrons. The number of hydrogen-bond donors (Lipinski definition) is 2. The Hall–Kier alpha value is -2.08. The lowest BCUT2D eigenvalue weighted by molar-refractivity contribution is 0.102. The van der Waals surface area contributed by atoms with Crippen LogP contribution in [-0.4, -0.2) is 16.0 Å². The number of halogens is 1. The van der Waals surface area contributed by atoms with E-state index in [1.54, 1.807) is 6.92 Å². The van der Waals surface area contributed by atoms with Gasteiger partial charge in [0.15, 0.2) is 5.82 Å². The number of aromatic amines is 1. The van der Waals surface area contributed by atoms with Crippen LogP contribution in [0.2, 0.25) is 5.02 Å². The van der Waals surface area contributed by atoms with Crippen LogP contribution in [0.3, 0.4) is 0 Å². The zero-order valence-corrected chi connectivity index (χ0v) is 9.54. The van der Waals surface area contributed by atoms with E-state index in [1.807, 2.05) is 0 Å². The Labute approximate surface area is 101 Å². The van der Waals surface area contributed by atoms with Crippen LogP contribution in [0.5, 0.6) is 0 Å². The van der Waals surface area contributed by atoms with Gasteiger partial charge in [-0.25, -0.2) is 0 Å². The van der Waals surface area contributed by atoms with Gasteiger partial charge in [-0.2, -0.15) is 0 Å². The average molecular weight is 254 g/mol. The van der Waals surface area contributed by atoms with Gasteiger partial charge in [0.05, 0.1) is 5.02 Å². The fraction of sp³-hybridized carbons (Fsp3) is 0.100. The Balaban J connectivity index is 2.26. The minimum atomic E-state index is -0.595. The number of hydrogen-bond acceptors (Lipinski definition) is 4. The van der Waals surface area contributed by atoms with Crippen molar-refractivity contribution < 1.29 is 9.32 Å². The molecule has 7 heteroatoms. The first-order chi connectivity index (χ1) is 8.06. The van der Waals surface area contributed by atoms with Crippen molar-refractivity contribution in [2.75, 3.05) is 5.32 Å². The Bertz CT molecular complexity index is 617. The normalized spacial score (nSPS) is 10.2. The highest BCUT2D eigenvalue weighted by molar-refractivity contribution is 6.30. The molecule has 0 saturated carbocycles. The van der Waals surface area contributed by atoms with E-state index in [2.05, 4.69) is 15.5 Å². The molecule has 0 fully saturated rings. The number of amides is 1. The number of H-pyrrole nitrogens is 1. The van der Waals surface area contributed by atoms with Crippen LogP contribution >= 0.6 is 11.6 Å². The van der Waals surface area contributed by atoms with Crippen molar-refractivity contribution in [3.8, 4) is 0 Å².